The van der Waals surface area contributed by atoms with Crippen molar-refractivity contribution in [3.05, 3.63) is 29.8 Å². The van der Waals surface area contributed by atoms with Crippen molar-refractivity contribution < 1.29 is 14.3 Å². The largest absolute Gasteiger partial charge is 0.469 e. The first kappa shape index (κ1) is 13.4. The van der Waals surface area contributed by atoms with E-state index in [1.807, 2.05) is 18.2 Å². The summed E-state index contributed by atoms with van der Waals surface area (Å²) in [5, 5.41) is 5.78. The van der Waals surface area contributed by atoms with Gasteiger partial charge >= 0.3 is 5.97 Å². The van der Waals surface area contributed by atoms with E-state index in [4.69, 9.17) is 4.74 Å². The van der Waals surface area contributed by atoms with E-state index in [2.05, 4.69) is 10.6 Å². The maximum Gasteiger partial charge on any atom is 0.313 e. The molecular formula is C14H18N2O3. The Bertz CT molecular complexity index is 495. The molecular weight excluding hydrogens is 244 g/mol. The molecule has 1 aliphatic rings. The minimum absolute atomic E-state index is 0.180. The number of nitrogens with one attached hydrogen (secondary N) is 2. The molecule has 0 aliphatic heterocycles. The van der Waals surface area contributed by atoms with Crippen LogP contribution in [0.3, 0.4) is 0 Å². The van der Waals surface area contributed by atoms with Crippen LogP contribution in [0.4, 0.5) is 5.69 Å². The monoisotopic (exact) mass is 262 g/mol. The van der Waals surface area contributed by atoms with E-state index in [1.54, 1.807) is 13.1 Å². The average molecular weight is 262 g/mol. The average Bonchev–Trinajstić information content (AvgIpc) is 3.25. The zero-order valence-corrected chi connectivity index (χ0v) is 11.2. The van der Waals surface area contributed by atoms with E-state index in [9.17, 15) is 9.59 Å². The molecule has 102 valence electrons. The van der Waals surface area contributed by atoms with Gasteiger partial charge in [0.15, 0.2) is 0 Å². The summed E-state index contributed by atoms with van der Waals surface area (Å²) >= 11 is 0. The summed E-state index contributed by atoms with van der Waals surface area (Å²) in [6.07, 6.45) is 1.54. The Morgan fingerprint density at radius 1 is 1.32 bits per heavy atom. The zero-order chi connectivity index (χ0) is 13.9. The van der Waals surface area contributed by atoms with Crippen LogP contribution in [0.1, 0.15) is 23.2 Å². The number of benzene rings is 1. The molecule has 1 saturated carbocycles. The molecule has 19 heavy (non-hydrogen) atoms. The summed E-state index contributed by atoms with van der Waals surface area (Å²) in [6, 6.07) is 7.25. The topological polar surface area (TPSA) is 67.4 Å². The van der Waals surface area contributed by atoms with Crippen LogP contribution in [0.15, 0.2) is 24.3 Å². The van der Waals surface area contributed by atoms with Crippen molar-refractivity contribution in [1.29, 1.82) is 0 Å². The number of carbonyl (C=O) groups excluding carboxylic acids is 2. The molecule has 0 spiro atoms. The van der Waals surface area contributed by atoms with Crippen LogP contribution in [0, 0.1) is 5.41 Å². The Hall–Kier alpha value is -2.04. The van der Waals surface area contributed by atoms with E-state index in [0.717, 1.165) is 18.5 Å². The van der Waals surface area contributed by atoms with Crippen LogP contribution in [-0.4, -0.2) is 32.6 Å². The van der Waals surface area contributed by atoms with Gasteiger partial charge in [-0.25, -0.2) is 0 Å². The molecule has 5 heteroatoms. The number of ether oxygens (including phenoxy) is 1. The van der Waals surface area contributed by atoms with Gasteiger partial charge in [0.25, 0.3) is 5.91 Å². The minimum atomic E-state index is -0.501. The molecule has 1 aliphatic carbocycles. The second-order valence-electron chi connectivity index (χ2n) is 4.75. The molecule has 0 bridgehead atoms. The number of methoxy groups -OCH3 is 1. The van der Waals surface area contributed by atoms with Crippen molar-refractivity contribution in [2.45, 2.75) is 12.8 Å². The quantitative estimate of drug-likeness (QED) is 0.787. The molecule has 0 radical (unpaired) electrons. The van der Waals surface area contributed by atoms with Crippen molar-refractivity contribution in [3.8, 4) is 0 Å². The van der Waals surface area contributed by atoms with E-state index >= 15 is 0 Å². The Kier molecular flexibility index (Phi) is 3.74. The number of esters is 1. The van der Waals surface area contributed by atoms with Crippen molar-refractivity contribution in [1.82, 2.24) is 5.32 Å². The summed E-state index contributed by atoms with van der Waals surface area (Å²) in [6.45, 7) is 0.330. The normalized spacial score (nSPS) is 15.5. The number of hydrogen-bond acceptors (Lipinski definition) is 4. The Morgan fingerprint density at radius 2 is 2.00 bits per heavy atom. The molecule has 5 nitrogen and oxygen atoms in total. The molecule has 0 aromatic heterocycles. The van der Waals surface area contributed by atoms with Gasteiger partial charge in [0.1, 0.15) is 0 Å². The van der Waals surface area contributed by atoms with E-state index in [-0.39, 0.29) is 11.9 Å². The third-order valence-corrected chi connectivity index (χ3v) is 3.50. The fourth-order valence-corrected chi connectivity index (χ4v) is 2.06. The number of anilines is 1. The highest BCUT2D eigenvalue weighted by Gasteiger charge is 2.51. The first-order valence-corrected chi connectivity index (χ1v) is 6.26. The summed E-state index contributed by atoms with van der Waals surface area (Å²) in [4.78, 5) is 23.7. The molecule has 0 heterocycles. The fourth-order valence-electron chi connectivity index (χ4n) is 2.06. The lowest BCUT2D eigenvalue weighted by Crippen LogP contribution is -2.35. The summed E-state index contributed by atoms with van der Waals surface area (Å²) in [5.41, 5.74) is 0.840. The highest BCUT2D eigenvalue weighted by Crippen LogP contribution is 2.46. The maximum absolute atomic E-state index is 12.1. The van der Waals surface area contributed by atoms with Crippen LogP contribution < -0.4 is 10.6 Å². The summed E-state index contributed by atoms with van der Waals surface area (Å²) < 4.78 is 4.76. The van der Waals surface area contributed by atoms with Crippen molar-refractivity contribution in [2.24, 2.45) is 5.41 Å². The van der Waals surface area contributed by atoms with Gasteiger partial charge < -0.3 is 15.4 Å². The van der Waals surface area contributed by atoms with Gasteiger partial charge in [-0.3, -0.25) is 9.59 Å². The molecule has 2 rings (SSSR count). The van der Waals surface area contributed by atoms with Gasteiger partial charge in [0, 0.05) is 19.3 Å². The SMILES string of the molecule is CNc1ccccc1C(=O)NCC1(C(=O)OC)CC1. The fraction of sp³-hybridized carbons (Fsp3) is 0.429. The number of amides is 1. The maximum atomic E-state index is 12.1. The van der Waals surface area contributed by atoms with Crippen LogP contribution in [0.25, 0.3) is 0 Å². The number of hydrogen-bond donors (Lipinski definition) is 2. The van der Waals surface area contributed by atoms with Gasteiger partial charge in [0.05, 0.1) is 18.1 Å². The van der Waals surface area contributed by atoms with E-state index < -0.39 is 5.41 Å². The minimum Gasteiger partial charge on any atom is -0.469 e. The van der Waals surface area contributed by atoms with Crippen LogP contribution in [0.5, 0.6) is 0 Å². The van der Waals surface area contributed by atoms with E-state index in [1.165, 1.54) is 7.11 Å². The lowest BCUT2D eigenvalue weighted by atomic mass is 10.1. The standard InChI is InChI=1S/C14H18N2O3/c1-15-11-6-4-3-5-10(11)12(17)16-9-14(7-8-14)13(18)19-2/h3-6,15H,7-9H2,1-2H3,(H,16,17). The number of para-hydroxylation sites is 1. The lowest BCUT2D eigenvalue weighted by molar-refractivity contribution is -0.146. The predicted molar refractivity (Wildman–Crippen MR) is 72.0 cm³/mol. The van der Waals surface area contributed by atoms with Gasteiger partial charge in [-0.15, -0.1) is 0 Å². The second kappa shape index (κ2) is 5.30. The first-order chi connectivity index (χ1) is 9.13. The Labute approximate surface area is 112 Å². The molecule has 0 saturated heterocycles. The third kappa shape index (κ3) is 2.70. The smallest absolute Gasteiger partial charge is 0.313 e. The molecule has 1 amide bonds. The highest BCUT2D eigenvalue weighted by molar-refractivity contribution is 5.99. The lowest BCUT2D eigenvalue weighted by Gasteiger charge is -2.14. The summed E-state index contributed by atoms with van der Waals surface area (Å²) in [7, 11) is 3.14. The number of carbonyl (C=O) groups is 2. The molecule has 2 N–H and O–H groups in total. The van der Waals surface area contributed by atoms with Gasteiger partial charge in [0.2, 0.25) is 0 Å². The molecule has 1 aromatic rings. The van der Waals surface area contributed by atoms with Gasteiger partial charge in [-0.05, 0) is 25.0 Å². The van der Waals surface area contributed by atoms with Gasteiger partial charge in [-0.1, -0.05) is 12.1 Å². The highest BCUT2D eigenvalue weighted by atomic mass is 16.5. The van der Waals surface area contributed by atoms with E-state index in [0.29, 0.717) is 12.1 Å². The second-order valence-corrected chi connectivity index (χ2v) is 4.75. The predicted octanol–water partition coefficient (Wildman–Crippen LogP) is 1.41. The first-order valence-electron chi connectivity index (χ1n) is 6.26. The Balaban J connectivity index is 2.00. The molecule has 1 aromatic carbocycles. The molecule has 1 fully saturated rings. The third-order valence-electron chi connectivity index (χ3n) is 3.50. The molecule has 0 atom stereocenters. The summed E-state index contributed by atoms with van der Waals surface area (Å²) in [5.74, 6) is -0.421. The van der Waals surface area contributed by atoms with Gasteiger partial charge in [-0.2, -0.15) is 0 Å². The number of rotatable bonds is 5. The van der Waals surface area contributed by atoms with Crippen molar-refractivity contribution in [3.63, 3.8) is 0 Å². The zero-order valence-electron chi connectivity index (χ0n) is 11.2. The van der Waals surface area contributed by atoms with Crippen LogP contribution in [-0.2, 0) is 9.53 Å². The van der Waals surface area contributed by atoms with Crippen molar-refractivity contribution >= 4 is 17.6 Å². The Morgan fingerprint density at radius 3 is 2.58 bits per heavy atom. The van der Waals surface area contributed by atoms with Crippen LogP contribution >= 0.6 is 0 Å². The van der Waals surface area contributed by atoms with Crippen molar-refractivity contribution in [2.75, 3.05) is 26.0 Å². The molecule has 0 unspecified atom stereocenters. The van der Waals surface area contributed by atoms with Crippen LogP contribution in [0.2, 0.25) is 0 Å².